The van der Waals surface area contributed by atoms with Crippen LogP contribution in [0.2, 0.25) is 0 Å². The quantitative estimate of drug-likeness (QED) is 0.858. The maximum Gasteiger partial charge on any atom is 0.0901 e. The average Bonchev–Trinajstić information content (AvgIpc) is 3.14. The topological polar surface area (TPSA) is 37.4 Å². The molecule has 2 aliphatic rings. The first kappa shape index (κ1) is 18.0. The summed E-state index contributed by atoms with van der Waals surface area (Å²) >= 11 is 1.72. The van der Waals surface area contributed by atoms with Crippen molar-refractivity contribution in [3.8, 4) is 11.3 Å². The number of nitrogens with zero attached hydrogens (tertiary/aromatic N) is 2. The van der Waals surface area contributed by atoms with E-state index in [1.807, 2.05) is 0 Å². The second-order valence-electron chi connectivity index (χ2n) is 7.55. The van der Waals surface area contributed by atoms with Crippen LogP contribution in [0, 0.1) is 12.8 Å². The van der Waals surface area contributed by atoms with Crippen molar-refractivity contribution in [1.82, 2.24) is 10.3 Å². The summed E-state index contributed by atoms with van der Waals surface area (Å²) in [5.41, 5.74) is 3.65. The molecule has 1 atom stereocenters. The highest BCUT2D eigenvalue weighted by molar-refractivity contribution is 7.09. The number of aromatic nitrogens is 1. The Bertz CT molecular complexity index is 703. The summed E-state index contributed by atoms with van der Waals surface area (Å²) in [6.45, 7) is 7.32. The Kier molecular flexibility index (Phi) is 5.88. The van der Waals surface area contributed by atoms with Gasteiger partial charge in [-0.05, 0) is 50.7 Å². The van der Waals surface area contributed by atoms with Crippen molar-refractivity contribution >= 4 is 17.0 Å². The van der Waals surface area contributed by atoms with Gasteiger partial charge in [0.1, 0.15) is 0 Å². The number of anilines is 1. The standard InChI is InChI=1S/C21H29N3OS/c1-16-23-21(15-26-16)18-5-2-6-20(12-18)24-9-7-19(8-10-24)22-13-17-4-3-11-25-14-17/h2,5-6,12,15,17,19,22H,3-4,7-11,13-14H2,1H3/t17-/m0/s1. The van der Waals surface area contributed by atoms with Gasteiger partial charge in [0.2, 0.25) is 0 Å². The van der Waals surface area contributed by atoms with Gasteiger partial charge in [0.05, 0.1) is 17.3 Å². The summed E-state index contributed by atoms with van der Waals surface area (Å²) < 4.78 is 5.59. The Morgan fingerprint density at radius 1 is 1.27 bits per heavy atom. The first-order valence-electron chi connectivity index (χ1n) is 9.86. The van der Waals surface area contributed by atoms with E-state index in [0.717, 1.165) is 43.5 Å². The fourth-order valence-electron chi connectivity index (χ4n) is 4.00. The van der Waals surface area contributed by atoms with E-state index in [4.69, 9.17) is 4.74 Å². The molecule has 140 valence electrons. The maximum absolute atomic E-state index is 5.59. The van der Waals surface area contributed by atoms with Gasteiger partial charge in [-0.2, -0.15) is 0 Å². The lowest BCUT2D eigenvalue weighted by Crippen LogP contribution is -2.44. The molecule has 0 spiro atoms. The van der Waals surface area contributed by atoms with E-state index in [1.54, 1.807) is 11.3 Å². The van der Waals surface area contributed by atoms with E-state index in [0.29, 0.717) is 12.0 Å². The third-order valence-electron chi connectivity index (χ3n) is 5.57. The van der Waals surface area contributed by atoms with Crippen LogP contribution in [0.1, 0.15) is 30.7 Å². The van der Waals surface area contributed by atoms with E-state index >= 15 is 0 Å². The number of aryl methyl sites for hydroxylation is 1. The number of piperidine rings is 1. The largest absolute Gasteiger partial charge is 0.381 e. The number of hydrogen-bond donors (Lipinski definition) is 1. The molecule has 0 bridgehead atoms. The van der Waals surface area contributed by atoms with Crippen molar-refractivity contribution in [2.45, 2.75) is 38.6 Å². The maximum atomic E-state index is 5.59. The van der Waals surface area contributed by atoms with Crippen molar-refractivity contribution in [2.24, 2.45) is 5.92 Å². The zero-order valence-corrected chi connectivity index (χ0v) is 16.4. The van der Waals surface area contributed by atoms with Crippen LogP contribution >= 0.6 is 11.3 Å². The number of hydrogen-bond acceptors (Lipinski definition) is 5. The summed E-state index contributed by atoms with van der Waals surface area (Å²) in [6.07, 6.45) is 4.97. The molecule has 0 saturated carbocycles. The Hall–Kier alpha value is -1.43. The number of rotatable bonds is 5. The number of benzene rings is 1. The van der Waals surface area contributed by atoms with E-state index in [9.17, 15) is 0 Å². The number of thiazole rings is 1. The zero-order chi connectivity index (χ0) is 17.8. The molecule has 5 heteroatoms. The van der Waals surface area contributed by atoms with Crippen molar-refractivity contribution < 1.29 is 4.74 Å². The van der Waals surface area contributed by atoms with E-state index < -0.39 is 0 Å². The first-order chi connectivity index (χ1) is 12.8. The van der Waals surface area contributed by atoms with Gasteiger partial charge < -0.3 is 15.0 Å². The van der Waals surface area contributed by atoms with Crippen LogP contribution in [-0.4, -0.2) is 43.9 Å². The average molecular weight is 372 g/mol. The molecule has 0 unspecified atom stereocenters. The number of nitrogens with one attached hydrogen (secondary N) is 1. The number of ether oxygens (including phenoxy) is 1. The summed E-state index contributed by atoms with van der Waals surface area (Å²) in [6, 6.07) is 9.50. The highest BCUT2D eigenvalue weighted by Gasteiger charge is 2.21. The minimum absolute atomic E-state index is 0.651. The van der Waals surface area contributed by atoms with Crippen molar-refractivity contribution in [3.63, 3.8) is 0 Å². The second-order valence-corrected chi connectivity index (χ2v) is 8.62. The van der Waals surface area contributed by atoms with Crippen LogP contribution in [0.4, 0.5) is 5.69 Å². The van der Waals surface area contributed by atoms with E-state index in [1.165, 1.54) is 36.9 Å². The molecule has 4 nitrogen and oxygen atoms in total. The molecule has 1 aromatic carbocycles. The molecule has 4 rings (SSSR count). The zero-order valence-electron chi connectivity index (χ0n) is 15.6. The lowest BCUT2D eigenvalue weighted by molar-refractivity contribution is 0.0535. The molecule has 26 heavy (non-hydrogen) atoms. The highest BCUT2D eigenvalue weighted by Crippen LogP contribution is 2.27. The van der Waals surface area contributed by atoms with Crippen LogP contribution < -0.4 is 10.2 Å². The fourth-order valence-corrected chi connectivity index (χ4v) is 4.62. The Balaban J connectivity index is 1.30. The van der Waals surface area contributed by atoms with Gasteiger partial charge in [0.15, 0.2) is 0 Å². The Labute approximate surface area is 160 Å². The first-order valence-corrected chi connectivity index (χ1v) is 10.7. The van der Waals surface area contributed by atoms with Crippen molar-refractivity contribution in [3.05, 3.63) is 34.7 Å². The van der Waals surface area contributed by atoms with Crippen LogP contribution in [0.3, 0.4) is 0 Å². The molecule has 2 aromatic rings. The molecular weight excluding hydrogens is 342 g/mol. The smallest absolute Gasteiger partial charge is 0.0901 e. The molecule has 1 aromatic heterocycles. The molecule has 1 N–H and O–H groups in total. The molecule has 2 fully saturated rings. The molecule has 3 heterocycles. The summed E-state index contributed by atoms with van der Waals surface area (Å²) in [7, 11) is 0. The second kappa shape index (κ2) is 8.51. The molecule has 2 aliphatic heterocycles. The fraction of sp³-hybridized carbons (Fsp3) is 0.571. The summed E-state index contributed by atoms with van der Waals surface area (Å²) in [4.78, 5) is 7.15. The van der Waals surface area contributed by atoms with Gasteiger partial charge in [-0.15, -0.1) is 11.3 Å². The molecule has 2 saturated heterocycles. The van der Waals surface area contributed by atoms with E-state index in [2.05, 4.69) is 51.8 Å². The molecular formula is C21H29N3OS. The normalized spacial score (nSPS) is 21.9. The molecule has 0 aliphatic carbocycles. The lowest BCUT2D eigenvalue weighted by Gasteiger charge is -2.35. The predicted molar refractivity (Wildman–Crippen MR) is 109 cm³/mol. The van der Waals surface area contributed by atoms with Crippen LogP contribution in [-0.2, 0) is 4.74 Å². The van der Waals surface area contributed by atoms with Crippen molar-refractivity contribution in [1.29, 1.82) is 0 Å². The van der Waals surface area contributed by atoms with Crippen LogP contribution in [0.15, 0.2) is 29.6 Å². The minimum Gasteiger partial charge on any atom is -0.381 e. The Morgan fingerprint density at radius 2 is 2.15 bits per heavy atom. The van der Waals surface area contributed by atoms with Gasteiger partial charge in [-0.25, -0.2) is 4.98 Å². The van der Waals surface area contributed by atoms with Gasteiger partial charge in [-0.1, -0.05) is 12.1 Å². The predicted octanol–water partition coefficient (Wildman–Crippen LogP) is 4.10. The third kappa shape index (κ3) is 4.45. The Morgan fingerprint density at radius 3 is 2.88 bits per heavy atom. The summed E-state index contributed by atoms with van der Waals surface area (Å²) in [5, 5.41) is 7.07. The highest BCUT2D eigenvalue weighted by atomic mass is 32.1. The molecule has 0 amide bonds. The van der Waals surface area contributed by atoms with E-state index in [-0.39, 0.29) is 0 Å². The van der Waals surface area contributed by atoms with Crippen LogP contribution in [0.25, 0.3) is 11.3 Å². The SMILES string of the molecule is Cc1nc(-c2cccc(N3CCC(NC[C@@H]4CCCOC4)CC3)c2)cs1. The van der Waals surface area contributed by atoms with Gasteiger partial charge >= 0.3 is 0 Å². The van der Waals surface area contributed by atoms with Gasteiger partial charge in [0, 0.05) is 48.9 Å². The lowest BCUT2D eigenvalue weighted by atomic mass is 9.99. The molecule has 0 radical (unpaired) electrons. The van der Waals surface area contributed by atoms with Gasteiger partial charge in [0.25, 0.3) is 0 Å². The summed E-state index contributed by atoms with van der Waals surface area (Å²) in [5.74, 6) is 0.708. The minimum atomic E-state index is 0.651. The van der Waals surface area contributed by atoms with Crippen molar-refractivity contribution in [2.75, 3.05) is 37.7 Å². The van der Waals surface area contributed by atoms with Gasteiger partial charge in [-0.3, -0.25) is 0 Å². The van der Waals surface area contributed by atoms with Crippen LogP contribution in [0.5, 0.6) is 0 Å². The monoisotopic (exact) mass is 371 g/mol. The third-order valence-corrected chi connectivity index (χ3v) is 6.34.